The Morgan fingerprint density at radius 2 is 2.29 bits per heavy atom. The van der Waals surface area contributed by atoms with E-state index in [1.54, 1.807) is 24.3 Å². The van der Waals surface area contributed by atoms with Gasteiger partial charge in [0.25, 0.3) is 0 Å². The fourth-order valence-electron chi connectivity index (χ4n) is 1.56. The number of para-hydroxylation sites is 1. The van der Waals surface area contributed by atoms with E-state index in [1.165, 1.54) is 23.3 Å². The summed E-state index contributed by atoms with van der Waals surface area (Å²) >= 11 is 2.67. The summed E-state index contributed by atoms with van der Waals surface area (Å²) in [5, 5.41) is 11.5. The van der Waals surface area contributed by atoms with Gasteiger partial charge in [-0.25, -0.2) is 4.98 Å². The first-order valence-corrected chi connectivity index (χ1v) is 8.08. The Morgan fingerprint density at radius 1 is 1.52 bits per heavy atom. The van der Waals surface area contributed by atoms with Gasteiger partial charge < -0.3 is 5.32 Å². The molecule has 0 saturated heterocycles. The first-order valence-electron chi connectivity index (χ1n) is 6.43. The largest absolute Gasteiger partial charge is 0.324 e. The number of aromatic nitrogens is 2. The van der Waals surface area contributed by atoms with Gasteiger partial charge in [-0.05, 0) is 30.6 Å². The highest BCUT2D eigenvalue weighted by atomic mass is 32.2. The Kier molecular flexibility index (Phi) is 5.31. The van der Waals surface area contributed by atoms with Crippen molar-refractivity contribution in [1.29, 1.82) is 5.26 Å². The number of aryl methyl sites for hydroxylation is 1. The molecule has 0 spiro atoms. The van der Waals surface area contributed by atoms with Gasteiger partial charge in [0.2, 0.25) is 5.91 Å². The molecule has 7 heteroatoms. The molecule has 0 aliphatic rings. The number of nitriles is 1. The van der Waals surface area contributed by atoms with Crippen LogP contribution in [0.15, 0.2) is 28.6 Å². The number of amides is 1. The zero-order valence-electron chi connectivity index (χ0n) is 11.7. The van der Waals surface area contributed by atoms with Gasteiger partial charge in [0.05, 0.1) is 16.5 Å². The second kappa shape index (κ2) is 7.20. The second-order valence-corrected chi connectivity index (χ2v) is 6.58. The number of rotatable bonds is 5. The molecule has 1 aromatic carbocycles. The lowest BCUT2D eigenvalue weighted by Gasteiger charge is -2.11. The molecule has 0 bridgehead atoms. The van der Waals surface area contributed by atoms with Crippen LogP contribution in [0.3, 0.4) is 0 Å². The van der Waals surface area contributed by atoms with Crippen molar-refractivity contribution in [2.45, 2.75) is 29.9 Å². The quantitative estimate of drug-likeness (QED) is 0.857. The van der Waals surface area contributed by atoms with E-state index in [0.29, 0.717) is 11.3 Å². The van der Waals surface area contributed by atoms with Crippen molar-refractivity contribution < 1.29 is 4.79 Å². The average molecular weight is 318 g/mol. The van der Waals surface area contributed by atoms with Gasteiger partial charge >= 0.3 is 0 Å². The molecule has 1 N–H and O–H groups in total. The van der Waals surface area contributed by atoms with E-state index >= 15 is 0 Å². The predicted octanol–water partition coefficient (Wildman–Crippen LogP) is 3.09. The van der Waals surface area contributed by atoms with Crippen LogP contribution < -0.4 is 5.32 Å². The molecule has 108 valence electrons. The molecular formula is C14H14N4OS2. The van der Waals surface area contributed by atoms with E-state index in [9.17, 15) is 4.79 Å². The molecule has 0 aliphatic heterocycles. The molecule has 1 amide bonds. The minimum atomic E-state index is -0.311. The number of anilines is 1. The fourth-order valence-corrected chi connectivity index (χ4v) is 3.40. The lowest BCUT2D eigenvalue weighted by molar-refractivity contribution is -0.115. The molecule has 1 atom stereocenters. The second-order valence-electron chi connectivity index (χ2n) is 4.24. The first kappa shape index (κ1) is 15.5. The Labute approximate surface area is 131 Å². The number of nitrogens with zero attached hydrogens (tertiary/aromatic N) is 3. The molecule has 1 unspecified atom stereocenters. The highest BCUT2D eigenvalue weighted by Crippen LogP contribution is 2.26. The highest BCUT2D eigenvalue weighted by molar-refractivity contribution is 8.02. The molecule has 0 fully saturated rings. The maximum Gasteiger partial charge on any atom is 0.237 e. The Hall–Kier alpha value is -1.91. The van der Waals surface area contributed by atoms with Crippen LogP contribution in [0.5, 0.6) is 0 Å². The number of benzene rings is 1. The van der Waals surface area contributed by atoms with Crippen molar-refractivity contribution >= 4 is 34.9 Å². The minimum absolute atomic E-state index is 0.157. The summed E-state index contributed by atoms with van der Waals surface area (Å²) in [6, 6.07) is 9.00. The fraction of sp³-hybridized carbons (Fsp3) is 0.286. The van der Waals surface area contributed by atoms with Crippen molar-refractivity contribution in [3.63, 3.8) is 0 Å². The van der Waals surface area contributed by atoms with Crippen LogP contribution in [-0.4, -0.2) is 20.5 Å². The number of nitrogens with one attached hydrogen (secondary N) is 1. The number of thioether (sulfide) groups is 1. The van der Waals surface area contributed by atoms with Crippen molar-refractivity contribution in [1.82, 2.24) is 9.36 Å². The predicted molar refractivity (Wildman–Crippen MR) is 84.4 cm³/mol. The van der Waals surface area contributed by atoms with Gasteiger partial charge in [-0.1, -0.05) is 30.8 Å². The SMILES string of the molecule is CCc1nsc(SC(C)C(=O)Nc2ccccc2C#N)n1. The average Bonchev–Trinajstić information content (AvgIpc) is 2.95. The normalized spacial score (nSPS) is 11.7. The molecule has 2 rings (SSSR count). The van der Waals surface area contributed by atoms with E-state index < -0.39 is 0 Å². The molecule has 5 nitrogen and oxygen atoms in total. The van der Waals surface area contributed by atoms with Crippen molar-refractivity contribution in [3.8, 4) is 6.07 Å². The topological polar surface area (TPSA) is 78.7 Å². The minimum Gasteiger partial charge on any atom is -0.324 e. The monoisotopic (exact) mass is 318 g/mol. The zero-order valence-corrected chi connectivity index (χ0v) is 13.3. The third-order valence-corrected chi connectivity index (χ3v) is 4.64. The molecule has 1 aromatic heterocycles. The Bertz CT molecular complexity index is 678. The van der Waals surface area contributed by atoms with Crippen LogP contribution >= 0.6 is 23.3 Å². The van der Waals surface area contributed by atoms with Crippen molar-refractivity contribution in [2.75, 3.05) is 5.32 Å². The van der Waals surface area contributed by atoms with E-state index in [4.69, 9.17) is 5.26 Å². The molecule has 0 saturated carbocycles. The third kappa shape index (κ3) is 4.03. The summed E-state index contributed by atoms with van der Waals surface area (Å²) in [4.78, 5) is 16.5. The lowest BCUT2D eigenvalue weighted by Crippen LogP contribution is -2.22. The molecule has 21 heavy (non-hydrogen) atoms. The number of carbonyl (C=O) groups is 1. The standard InChI is InChI=1S/C14H14N4OS2/c1-3-12-17-14(21-18-12)20-9(2)13(19)16-11-7-5-4-6-10(11)8-15/h4-7,9H,3H2,1-2H3,(H,16,19). The third-order valence-electron chi connectivity index (χ3n) is 2.72. The van der Waals surface area contributed by atoms with Crippen molar-refractivity contribution in [2.24, 2.45) is 0 Å². The van der Waals surface area contributed by atoms with E-state index in [2.05, 4.69) is 20.7 Å². The maximum absolute atomic E-state index is 12.2. The van der Waals surface area contributed by atoms with Crippen molar-refractivity contribution in [3.05, 3.63) is 35.7 Å². The Balaban J connectivity index is 2.01. The lowest BCUT2D eigenvalue weighted by atomic mass is 10.2. The maximum atomic E-state index is 12.2. The molecule has 0 radical (unpaired) electrons. The van der Waals surface area contributed by atoms with Gasteiger partial charge in [0.1, 0.15) is 11.9 Å². The zero-order chi connectivity index (χ0) is 15.2. The molecule has 2 aromatic rings. The van der Waals surface area contributed by atoms with Gasteiger partial charge in [-0.15, -0.1) is 0 Å². The van der Waals surface area contributed by atoms with E-state index in [-0.39, 0.29) is 11.2 Å². The van der Waals surface area contributed by atoms with E-state index in [0.717, 1.165) is 16.6 Å². The Morgan fingerprint density at radius 3 is 2.95 bits per heavy atom. The van der Waals surface area contributed by atoms with Crippen LogP contribution in [0.4, 0.5) is 5.69 Å². The first-order chi connectivity index (χ1) is 10.1. The summed E-state index contributed by atoms with van der Waals surface area (Å²) in [5.74, 6) is 0.640. The van der Waals surface area contributed by atoms with Gasteiger partial charge in [0, 0.05) is 6.42 Å². The summed E-state index contributed by atoms with van der Waals surface area (Å²) in [6.07, 6.45) is 0.785. The summed E-state index contributed by atoms with van der Waals surface area (Å²) < 4.78 is 4.97. The number of hydrogen-bond donors (Lipinski definition) is 1. The number of hydrogen-bond acceptors (Lipinski definition) is 6. The molecular weight excluding hydrogens is 304 g/mol. The van der Waals surface area contributed by atoms with Gasteiger partial charge in [-0.3, -0.25) is 4.79 Å². The van der Waals surface area contributed by atoms with Crippen LogP contribution in [-0.2, 0) is 11.2 Å². The molecule has 1 heterocycles. The summed E-state index contributed by atoms with van der Waals surface area (Å²) in [5.41, 5.74) is 0.983. The van der Waals surface area contributed by atoms with Crippen LogP contribution in [0.25, 0.3) is 0 Å². The van der Waals surface area contributed by atoms with Crippen LogP contribution in [0.1, 0.15) is 25.2 Å². The highest BCUT2D eigenvalue weighted by Gasteiger charge is 2.18. The van der Waals surface area contributed by atoms with Gasteiger partial charge in [-0.2, -0.15) is 9.64 Å². The summed E-state index contributed by atoms with van der Waals surface area (Å²) in [6.45, 7) is 3.80. The molecule has 0 aliphatic carbocycles. The summed E-state index contributed by atoms with van der Waals surface area (Å²) in [7, 11) is 0. The van der Waals surface area contributed by atoms with Gasteiger partial charge in [0.15, 0.2) is 4.34 Å². The number of carbonyl (C=O) groups excluding carboxylic acids is 1. The van der Waals surface area contributed by atoms with Crippen LogP contribution in [0.2, 0.25) is 0 Å². The van der Waals surface area contributed by atoms with Crippen LogP contribution in [0, 0.1) is 11.3 Å². The van der Waals surface area contributed by atoms with E-state index in [1.807, 2.05) is 13.8 Å². The smallest absolute Gasteiger partial charge is 0.237 e.